The molecule has 0 amide bonds. The van der Waals surface area contributed by atoms with Crippen LogP contribution in [0.5, 0.6) is 5.75 Å². The highest BCUT2D eigenvalue weighted by atomic mass is 127. The lowest BCUT2D eigenvalue weighted by atomic mass is 9.88. The standard InChI is InChI=1S/C23H25IN4O4S2/c1-15-17(6-5-9-25-15)31-18-10-16(33-20-7-3-4-8-26-20)12-24-21(18)28-22-27-19(32-34-22)11-23(2,13-29)14-30/h3-10,12,19,29-30H,11,13-14H2,1-2H3,(H,27,28). The molecule has 0 saturated carbocycles. The van der Waals surface area contributed by atoms with Crippen molar-refractivity contribution in [2.75, 3.05) is 13.2 Å². The third kappa shape index (κ3) is 6.67. The van der Waals surface area contributed by atoms with Crippen molar-refractivity contribution >= 4 is 53.3 Å². The molecule has 0 fully saturated rings. The van der Waals surface area contributed by atoms with Gasteiger partial charge < -0.3 is 20.3 Å². The first-order valence-electron chi connectivity index (χ1n) is 10.5. The van der Waals surface area contributed by atoms with E-state index in [9.17, 15) is 10.2 Å². The van der Waals surface area contributed by atoms with Gasteiger partial charge in [-0.3, -0.25) is 9.17 Å². The van der Waals surface area contributed by atoms with E-state index in [2.05, 4.69) is 24.4 Å². The number of aliphatic hydroxyl groups excluding tert-OH is 2. The third-order valence-corrected chi connectivity index (χ3v) is 9.38. The van der Waals surface area contributed by atoms with Crippen LogP contribution in [0.15, 0.2) is 73.6 Å². The Bertz CT molecular complexity index is 1140. The Labute approximate surface area is 216 Å². The molecule has 34 heavy (non-hydrogen) atoms. The van der Waals surface area contributed by atoms with Crippen LogP contribution in [0, 0.1) is 12.3 Å². The van der Waals surface area contributed by atoms with Crippen molar-refractivity contribution in [3.05, 3.63) is 69.2 Å². The summed E-state index contributed by atoms with van der Waals surface area (Å²) in [5.41, 5.74) is 0.152. The van der Waals surface area contributed by atoms with Gasteiger partial charge in [0.05, 0.1) is 31.0 Å². The summed E-state index contributed by atoms with van der Waals surface area (Å²) in [5.74, 6) is 1.41. The fourth-order valence-electron chi connectivity index (χ4n) is 2.93. The minimum absolute atomic E-state index is 0.137. The predicted octanol–water partition coefficient (Wildman–Crippen LogP) is 4.13. The number of aryl methyl sites for hydroxylation is 1. The first-order chi connectivity index (χ1) is 16.5. The number of nitrogens with zero attached hydrogens (tertiary/aromatic N) is 3. The molecule has 8 nitrogen and oxygen atoms in total. The molecular weight excluding hydrogens is 587 g/mol. The van der Waals surface area contributed by atoms with E-state index in [4.69, 9.17) is 8.92 Å². The van der Waals surface area contributed by atoms with Gasteiger partial charge in [-0.2, -0.15) is 0 Å². The van der Waals surface area contributed by atoms with E-state index in [0.29, 0.717) is 23.1 Å². The van der Waals surface area contributed by atoms with Crippen molar-refractivity contribution in [1.29, 1.82) is 0 Å². The maximum atomic E-state index is 9.57. The van der Waals surface area contributed by atoms with Crippen LogP contribution < -0.4 is 10.1 Å². The number of aromatic nitrogens is 2. The van der Waals surface area contributed by atoms with E-state index in [0.717, 1.165) is 31.3 Å². The Morgan fingerprint density at radius 1 is 1.21 bits per heavy atom. The number of thioether (sulfide) groups is 1. The van der Waals surface area contributed by atoms with Crippen molar-refractivity contribution < 1.29 is 19.1 Å². The lowest BCUT2D eigenvalue weighted by molar-refractivity contribution is 0.0353. The normalized spacial score (nSPS) is 18.3. The molecule has 180 valence electrons. The molecule has 2 aromatic rings. The van der Waals surface area contributed by atoms with Gasteiger partial charge >= 0.3 is 0 Å². The SMILES string of the molecule is Cc1ncccc1OC1=CC(Sc2ccccn2)=CI=C1NC1=NC(CC(C)(CO)CO)OS1. The van der Waals surface area contributed by atoms with Gasteiger partial charge in [0.25, 0.3) is 0 Å². The number of allylic oxidation sites excluding steroid dienone is 1. The molecule has 2 aliphatic rings. The van der Waals surface area contributed by atoms with E-state index in [1.165, 1.54) is 0 Å². The van der Waals surface area contributed by atoms with E-state index in [1.807, 2.05) is 43.3 Å². The summed E-state index contributed by atoms with van der Waals surface area (Å²) >= 11 is 2.21. The number of aliphatic imine (C=N–C) groups is 1. The lowest BCUT2D eigenvalue weighted by Gasteiger charge is -2.25. The van der Waals surface area contributed by atoms with Crippen molar-refractivity contribution in [3.8, 4) is 5.75 Å². The second kappa shape index (κ2) is 11.8. The molecule has 4 heterocycles. The average molecular weight is 613 g/mol. The second-order valence-corrected chi connectivity index (χ2v) is 12.1. The minimum atomic E-state index is -0.651. The topological polar surface area (TPSA) is 109 Å². The summed E-state index contributed by atoms with van der Waals surface area (Å²) in [4.78, 5) is 14.4. The van der Waals surface area contributed by atoms with Crippen LogP contribution in [0.2, 0.25) is 0 Å². The number of hydrogen-bond acceptors (Lipinski definition) is 10. The number of hydrogen-bond donors (Lipinski definition) is 3. The molecule has 0 aliphatic carbocycles. The number of aliphatic hydroxyl groups is 2. The molecule has 0 aromatic carbocycles. The van der Waals surface area contributed by atoms with Crippen LogP contribution in [0.1, 0.15) is 19.0 Å². The molecule has 0 radical (unpaired) electrons. The molecule has 11 heteroatoms. The van der Waals surface area contributed by atoms with E-state index in [1.54, 1.807) is 31.1 Å². The maximum absolute atomic E-state index is 9.57. The molecule has 1 atom stereocenters. The monoisotopic (exact) mass is 612 g/mol. The molecule has 4 rings (SSSR count). The fourth-order valence-corrected chi connectivity index (χ4v) is 6.90. The van der Waals surface area contributed by atoms with Crippen LogP contribution in [0.4, 0.5) is 0 Å². The smallest absolute Gasteiger partial charge is 0.191 e. The lowest BCUT2D eigenvalue weighted by Crippen LogP contribution is -2.31. The van der Waals surface area contributed by atoms with Gasteiger partial charge in [-0.05, 0) is 41.3 Å². The molecule has 0 spiro atoms. The van der Waals surface area contributed by atoms with Gasteiger partial charge in [0.15, 0.2) is 17.2 Å². The maximum Gasteiger partial charge on any atom is 0.191 e. The Morgan fingerprint density at radius 3 is 2.76 bits per heavy atom. The number of ether oxygens (including phenoxy) is 1. The highest BCUT2D eigenvalue weighted by Crippen LogP contribution is 2.35. The van der Waals surface area contributed by atoms with Crippen molar-refractivity contribution in [2.45, 2.75) is 31.5 Å². The van der Waals surface area contributed by atoms with Crippen LogP contribution in [0.3, 0.4) is 0 Å². The summed E-state index contributed by atoms with van der Waals surface area (Å²) in [6, 6.07) is 9.60. The largest absolute Gasteiger partial charge is 0.453 e. The van der Waals surface area contributed by atoms with Crippen LogP contribution >= 0.6 is 44.5 Å². The minimum Gasteiger partial charge on any atom is -0.453 e. The Morgan fingerprint density at radius 2 is 2.03 bits per heavy atom. The third-order valence-electron chi connectivity index (χ3n) is 4.95. The van der Waals surface area contributed by atoms with Crippen molar-refractivity contribution in [2.24, 2.45) is 10.4 Å². The zero-order valence-electron chi connectivity index (χ0n) is 18.6. The van der Waals surface area contributed by atoms with E-state index in [-0.39, 0.29) is 13.2 Å². The summed E-state index contributed by atoms with van der Waals surface area (Å²) in [7, 11) is 0. The van der Waals surface area contributed by atoms with E-state index >= 15 is 0 Å². The molecule has 1 unspecified atom stereocenters. The van der Waals surface area contributed by atoms with E-state index < -0.39 is 32.4 Å². The quantitative estimate of drug-likeness (QED) is 0.285. The van der Waals surface area contributed by atoms with Crippen LogP contribution in [0.25, 0.3) is 0 Å². The number of rotatable bonds is 9. The summed E-state index contributed by atoms with van der Waals surface area (Å²) in [5, 5.41) is 24.1. The van der Waals surface area contributed by atoms with Gasteiger partial charge in [-0.15, -0.1) is 0 Å². The van der Waals surface area contributed by atoms with Crippen molar-refractivity contribution in [3.63, 3.8) is 0 Å². The Balaban J connectivity index is 1.54. The number of amidine groups is 1. The molecule has 3 N–H and O–H groups in total. The van der Waals surface area contributed by atoms with Gasteiger partial charge in [0.2, 0.25) is 0 Å². The first-order valence-corrected chi connectivity index (χ1v) is 14.4. The summed E-state index contributed by atoms with van der Waals surface area (Å²) < 4.78 is 15.2. The highest BCUT2D eigenvalue weighted by Gasteiger charge is 2.31. The van der Waals surface area contributed by atoms with Gasteiger partial charge in [0.1, 0.15) is 14.4 Å². The predicted molar refractivity (Wildman–Crippen MR) is 145 cm³/mol. The summed E-state index contributed by atoms with van der Waals surface area (Å²) in [6.07, 6.45) is 5.50. The number of halogens is 1. The zero-order valence-corrected chi connectivity index (χ0v) is 22.4. The number of pyridine rings is 2. The molecule has 2 aromatic heterocycles. The average Bonchev–Trinajstić information content (AvgIpc) is 3.29. The van der Waals surface area contributed by atoms with Crippen molar-refractivity contribution in [1.82, 2.24) is 15.3 Å². The molecule has 0 bridgehead atoms. The first kappa shape index (κ1) is 25.3. The second-order valence-electron chi connectivity index (χ2n) is 7.93. The Kier molecular flexibility index (Phi) is 8.77. The van der Waals surface area contributed by atoms with Gasteiger partial charge in [-0.1, -0.05) is 45.5 Å². The summed E-state index contributed by atoms with van der Waals surface area (Å²) in [6.45, 7) is 3.44. The van der Waals surface area contributed by atoms with Gasteiger partial charge in [0, 0.05) is 29.1 Å². The zero-order chi connectivity index (χ0) is 24.0. The Hall–Kier alpha value is -1.77. The van der Waals surface area contributed by atoms with Crippen LogP contribution in [-0.4, -0.2) is 48.4 Å². The van der Waals surface area contributed by atoms with Gasteiger partial charge in [-0.25, -0.2) is 9.98 Å². The number of nitrogens with one attached hydrogen (secondary N) is 1. The molecule has 0 saturated heterocycles. The molecular formula is C23H25IN4O4S2. The molecule has 2 aliphatic heterocycles. The fraction of sp³-hybridized carbons (Fsp3) is 0.304. The van der Waals surface area contributed by atoms with Crippen LogP contribution in [-0.2, 0) is 4.18 Å². The highest BCUT2D eigenvalue weighted by molar-refractivity contribution is 14.2.